The summed E-state index contributed by atoms with van der Waals surface area (Å²) in [5.74, 6) is 0.850. The van der Waals surface area contributed by atoms with Crippen molar-refractivity contribution in [3.63, 3.8) is 0 Å². The second-order valence-corrected chi connectivity index (χ2v) is 6.09. The Morgan fingerprint density at radius 2 is 1.86 bits per heavy atom. The Bertz CT molecular complexity index is 809. The van der Waals surface area contributed by atoms with Crippen LogP contribution in [0.5, 0.6) is 0 Å². The summed E-state index contributed by atoms with van der Waals surface area (Å²) in [6.45, 7) is 2.74. The first-order chi connectivity index (χ1) is 10.2. The highest BCUT2D eigenvalue weighted by molar-refractivity contribution is 7.99. The van der Waals surface area contributed by atoms with Crippen molar-refractivity contribution in [3.05, 3.63) is 70.8 Å². The molecule has 3 aromatic rings. The van der Waals surface area contributed by atoms with Crippen LogP contribution in [0.1, 0.15) is 5.56 Å². The van der Waals surface area contributed by atoms with Gasteiger partial charge in [-0.1, -0.05) is 29.8 Å². The lowest BCUT2D eigenvalue weighted by Gasteiger charge is -2.06. The molecule has 106 valence electrons. The number of hydrogen-bond donors (Lipinski definition) is 0. The van der Waals surface area contributed by atoms with Crippen LogP contribution in [0.25, 0.3) is 10.9 Å². The van der Waals surface area contributed by atoms with Gasteiger partial charge in [-0.25, -0.2) is 4.98 Å². The highest BCUT2D eigenvalue weighted by atomic mass is 32.2. The second-order valence-electron chi connectivity index (χ2n) is 4.92. The SMILES string of the molecule is Cc1ccc(SCCn2cnc3ccccc3c2=O)cc1. The Hall–Kier alpha value is -2.07. The quantitative estimate of drug-likeness (QED) is 0.691. The zero-order valence-electron chi connectivity index (χ0n) is 11.8. The number of benzene rings is 2. The fourth-order valence-electron chi connectivity index (χ4n) is 2.16. The van der Waals surface area contributed by atoms with Crippen LogP contribution in [0.3, 0.4) is 0 Å². The Morgan fingerprint density at radius 1 is 1.10 bits per heavy atom. The Labute approximate surface area is 127 Å². The van der Waals surface area contributed by atoms with Crippen molar-refractivity contribution in [3.8, 4) is 0 Å². The fourth-order valence-corrected chi connectivity index (χ4v) is 3.01. The van der Waals surface area contributed by atoms with Crippen LogP contribution >= 0.6 is 11.8 Å². The molecule has 0 aliphatic carbocycles. The number of rotatable bonds is 4. The summed E-state index contributed by atoms with van der Waals surface area (Å²) in [4.78, 5) is 17.9. The molecule has 0 fully saturated rings. The number of hydrogen-bond acceptors (Lipinski definition) is 3. The molecule has 0 spiro atoms. The van der Waals surface area contributed by atoms with E-state index in [0.29, 0.717) is 11.9 Å². The van der Waals surface area contributed by atoms with Crippen molar-refractivity contribution in [1.82, 2.24) is 9.55 Å². The van der Waals surface area contributed by atoms with Crippen molar-refractivity contribution in [2.45, 2.75) is 18.4 Å². The maximum absolute atomic E-state index is 12.3. The van der Waals surface area contributed by atoms with Crippen molar-refractivity contribution in [2.75, 3.05) is 5.75 Å². The topological polar surface area (TPSA) is 34.9 Å². The zero-order valence-corrected chi connectivity index (χ0v) is 12.6. The van der Waals surface area contributed by atoms with Crippen molar-refractivity contribution >= 4 is 22.7 Å². The monoisotopic (exact) mass is 296 g/mol. The van der Waals surface area contributed by atoms with Crippen molar-refractivity contribution in [2.24, 2.45) is 0 Å². The fraction of sp³-hybridized carbons (Fsp3) is 0.176. The minimum Gasteiger partial charge on any atom is -0.298 e. The molecule has 0 bridgehead atoms. The van der Waals surface area contributed by atoms with E-state index in [1.807, 2.05) is 24.3 Å². The second kappa shape index (κ2) is 6.14. The smallest absolute Gasteiger partial charge is 0.261 e. The van der Waals surface area contributed by atoms with Gasteiger partial charge in [0.1, 0.15) is 0 Å². The summed E-state index contributed by atoms with van der Waals surface area (Å²) in [6, 6.07) is 15.9. The first-order valence-electron chi connectivity index (χ1n) is 6.88. The third-order valence-corrected chi connectivity index (χ3v) is 4.35. The molecule has 0 unspecified atom stereocenters. The molecule has 2 aromatic carbocycles. The summed E-state index contributed by atoms with van der Waals surface area (Å²) < 4.78 is 1.68. The predicted molar refractivity (Wildman–Crippen MR) is 87.9 cm³/mol. The third kappa shape index (κ3) is 3.16. The van der Waals surface area contributed by atoms with E-state index in [9.17, 15) is 4.79 Å². The van der Waals surface area contributed by atoms with Gasteiger partial charge in [-0.2, -0.15) is 0 Å². The zero-order chi connectivity index (χ0) is 14.7. The van der Waals surface area contributed by atoms with Crippen LogP contribution in [-0.4, -0.2) is 15.3 Å². The maximum Gasteiger partial charge on any atom is 0.261 e. The minimum atomic E-state index is 0.0325. The van der Waals surface area contributed by atoms with E-state index in [1.54, 1.807) is 22.7 Å². The molecule has 0 saturated carbocycles. The Kier molecular flexibility index (Phi) is 4.06. The van der Waals surface area contributed by atoms with E-state index < -0.39 is 0 Å². The van der Waals surface area contributed by atoms with Gasteiger partial charge in [0, 0.05) is 17.2 Å². The summed E-state index contributed by atoms with van der Waals surface area (Å²) >= 11 is 1.75. The number of para-hydroxylation sites is 1. The number of aryl methyl sites for hydroxylation is 2. The molecule has 0 aliphatic heterocycles. The van der Waals surface area contributed by atoms with Gasteiger partial charge in [-0.3, -0.25) is 9.36 Å². The number of fused-ring (bicyclic) bond motifs is 1. The van der Waals surface area contributed by atoms with Crippen LogP contribution < -0.4 is 5.56 Å². The lowest BCUT2D eigenvalue weighted by Crippen LogP contribution is -2.21. The van der Waals surface area contributed by atoms with E-state index in [1.165, 1.54) is 10.5 Å². The van der Waals surface area contributed by atoms with Crippen LogP contribution in [0.15, 0.2) is 64.5 Å². The van der Waals surface area contributed by atoms with Crippen LogP contribution in [0.2, 0.25) is 0 Å². The molecule has 21 heavy (non-hydrogen) atoms. The summed E-state index contributed by atoms with van der Waals surface area (Å²) in [7, 11) is 0. The summed E-state index contributed by atoms with van der Waals surface area (Å²) in [5, 5.41) is 0.681. The van der Waals surface area contributed by atoms with E-state index in [4.69, 9.17) is 0 Å². The molecule has 0 saturated heterocycles. The average Bonchev–Trinajstić information content (AvgIpc) is 2.52. The molecule has 3 nitrogen and oxygen atoms in total. The molecule has 3 rings (SSSR count). The number of thioether (sulfide) groups is 1. The van der Waals surface area contributed by atoms with Gasteiger partial charge in [0.2, 0.25) is 0 Å². The largest absolute Gasteiger partial charge is 0.298 e. The highest BCUT2D eigenvalue weighted by Gasteiger charge is 2.03. The lowest BCUT2D eigenvalue weighted by atomic mass is 10.2. The van der Waals surface area contributed by atoms with Crippen molar-refractivity contribution in [1.29, 1.82) is 0 Å². The van der Waals surface area contributed by atoms with Gasteiger partial charge in [-0.05, 0) is 31.2 Å². The highest BCUT2D eigenvalue weighted by Crippen LogP contribution is 2.18. The normalized spacial score (nSPS) is 10.9. The van der Waals surface area contributed by atoms with Crippen LogP contribution in [-0.2, 0) is 6.54 Å². The van der Waals surface area contributed by atoms with Gasteiger partial charge < -0.3 is 0 Å². The maximum atomic E-state index is 12.3. The first-order valence-corrected chi connectivity index (χ1v) is 7.86. The van der Waals surface area contributed by atoms with Gasteiger partial charge in [-0.15, -0.1) is 11.8 Å². The van der Waals surface area contributed by atoms with Gasteiger partial charge in [0.05, 0.1) is 17.2 Å². The van der Waals surface area contributed by atoms with Gasteiger partial charge in [0.25, 0.3) is 5.56 Å². The van der Waals surface area contributed by atoms with E-state index in [2.05, 4.69) is 36.2 Å². The van der Waals surface area contributed by atoms with Crippen molar-refractivity contribution < 1.29 is 0 Å². The molecule has 0 aliphatic rings. The van der Waals surface area contributed by atoms with Crippen LogP contribution in [0, 0.1) is 6.92 Å². The Morgan fingerprint density at radius 3 is 2.67 bits per heavy atom. The molecular weight excluding hydrogens is 280 g/mol. The average molecular weight is 296 g/mol. The van der Waals surface area contributed by atoms with Crippen LogP contribution in [0.4, 0.5) is 0 Å². The Balaban J connectivity index is 1.72. The molecule has 0 N–H and O–H groups in total. The van der Waals surface area contributed by atoms with Gasteiger partial charge >= 0.3 is 0 Å². The van der Waals surface area contributed by atoms with E-state index in [0.717, 1.165) is 11.3 Å². The molecule has 1 aromatic heterocycles. The van der Waals surface area contributed by atoms with E-state index in [-0.39, 0.29) is 5.56 Å². The molecule has 1 heterocycles. The molecule has 0 radical (unpaired) electrons. The molecule has 0 amide bonds. The summed E-state index contributed by atoms with van der Waals surface area (Å²) in [5.41, 5.74) is 2.05. The standard InChI is InChI=1S/C17H16N2OS/c1-13-6-8-14(9-7-13)21-11-10-19-12-18-16-5-3-2-4-15(16)17(19)20/h2-9,12H,10-11H2,1H3. The first kappa shape index (κ1) is 13.9. The molecule has 0 atom stereocenters. The number of aromatic nitrogens is 2. The molecule has 4 heteroatoms. The lowest BCUT2D eigenvalue weighted by molar-refractivity contribution is 0.725. The predicted octanol–water partition coefficient (Wildman–Crippen LogP) is 3.50. The number of nitrogens with zero attached hydrogens (tertiary/aromatic N) is 2. The van der Waals surface area contributed by atoms with E-state index >= 15 is 0 Å². The third-order valence-electron chi connectivity index (χ3n) is 3.35. The molecular formula is C17H16N2OS. The van der Waals surface area contributed by atoms with Gasteiger partial charge in [0.15, 0.2) is 0 Å². The summed E-state index contributed by atoms with van der Waals surface area (Å²) in [6.07, 6.45) is 1.64. The minimum absolute atomic E-state index is 0.0325.